The number of benzene rings is 1. The van der Waals surface area contributed by atoms with Crippen LogP contribution in [0.3, 0.4) is 0 Å². The Hall–Kier alpha value is -1.57. The lowest BCUT2D eigenvalue weighted by Gasteiger charge is -2.02. The summed E-state index contributed by atoms with van der Waals surface area (Å²) in [4.78, 5) is 10.3. The van der Waals surface area contributed by atoms with Crippen molar-refractivity contribution in [1.82, 2.24) is 4.57 Å². The van der Waals surface area contributed by atoms with Gasteiger partial charge in [0.2, 0.25) is 0 Å². The predicted molar refractivity (Wildman–Crippen MR) is 57.4 cm³/mol. The lowest BCUT2D eigenvalue weighted by molar-refractivity contribution is -0.108. The third-order valence-corrected chi connectivity index (χ3v) is 2.52. The maximum atomic E-state index is 10.3. The number of nitrogens with zero attached hydrogens (tertiary/aromatic N) is 1. The highest BCUT2D eigenvalue weighted by Crippen LogP contribution is 2.19. The quantitative estimate of drug-likeness (QED) is 0.677. The van der Waals surface area contributed by atoms with Crippen molar-refractivity contribution in [3.8, 4) is 0 Å². The van der Waals surface area contributed by atoms with Crippen molar-refractivity contribution < 1.29 is 4.79 Å². The molecule has 0 N–H and O–H groups in total. The number of aldehydes is 1. The molecule has 2 aromatic rings. The molecule has 0 saturated heterocycles. The SMILES string of the molecule is Cc1cccc2c1ccn2CCC=O. The minimum Gasteiger partial charge on any atom is -0.347 e. The Morgan fingerprint density at radius 3 is 3.00 bits per heavy atom. The van der Waals surface area contributed by atoms with Crippen LogP contribution in [0.2, 0.25) is 0 Å². The van der Waals surface area contributed by atoms with Crippen LogP contribution < -0.4 is 0 Å². The van der Waals surface area contributed by atoms with Crippen molar-refractivity contribution >= 4 is 17.2 Å². The Kier molecular flexibility index (Phi) is 2.35. The highest BCUT2D eigenvalue weighted by Gasteiger charge is 2.01. The van der Waals surface area contributed by atoms with E-state index in [9.17, 15) is 4.79 Å². The van der Waals surface area contributed by atoms with Gasteiger partial charge in [-0.3, -0.25) is 0 Å². The molecule has 0 aliphatic rings. The zero-order chi connectivity index (χ0) is 9.97. The monoisotopic (exact) mass is 187 g/mol. The lowest BCUT2D eigenvalue weighted by atomic mass is 10.1. The molecule has 1 aromatic carbocycles. The van der Waals surface area contributed by atoms with Crippen LogP contribution >= 0.6 is 0 Å². The second-order valence-electron chi connectivity index (χ2n) is 3.47. The number of fused-ring (bicyclic) bond motifs is 1. The van der Waals surface area contributed by atoms with E-state index in [1.54, 1.807) is 0 Å². The fraction of sp³-hybridized carbons (Fsp3) is 0.250. The molecule has 2 rings (SSSR count). The number of aromatic nitrogens is 1. The molecule has 0 amide bonds. The van der Waals surface area contributed by atoms with Crippen molar-refractivity contribution in [3.63, 3.8) is 0 Å². The average molecular weight is 187 g/mol. The van der Waals surface area contributed by atoms with E-state index in [0.29, 0.717) is 6.42 Å². The number of aryl methyl sites for hydroxylation is 2. The molecular weight excluding hydrogens is 174 g/mol. The van der Waals surface area contributed by atoms with Gasteiger partial charge in [-0.05, 0) is 24.6 Å². The van der Waals surface area contributed by atoms with E-state index in [4.69, 9.17) is 0 Å². The third-order valence-electron chi connectivity index (χ3n) is 2.52. The van der Waals surface area contributed by atoms with Crippen molar-refractivity contribution in [1.29, 1.82) is 0 Å². The van der Waals surface area contributed by atoms with Gasteiger partial charge in [0.25, 0.3) is 0 Å². The van der Waals surface area contributed by atoms with Crippen LogP contribution in [0.1, 0.15) is 12.0 Å². The van der Waals surface area contributed by atoms with Crippen molar-refractivity contribution in [2.45, 2.75) is 19.9 Å². The van der Waals surface area contributed by atoms with Gasteiger partial charge in [-0.25, -0.2) is 0 Å². The minimum atomic E-state index is 0.581. The summed E-state index contributed by atoms with van der Waals surface area (Å²) in [7, 11) is 0. The van der Waals surface area contributed by atoms with Gasteiger partial charge >= 0.3 is 0 Å². The zero-order valence-electron chi connectivity index (χ0n) is 8.23. The molecule has 0 fully saturated rings. The van der Waals surface area contributed by atoms with Crippen LogP contribution in [0.4, 0.5) is 0 Å². The van der Waals surface area contributed by atoms with Crippen LogP contribution in [0, 0.1) is 6.92 Å². The summed E-state index contributed by atoms with van der Waals surface area (Å²) in [5, 5.41) is 1.28. The number of carbonyl (C=O) groups is 1. The summed E-state index contributed by atoms with van der Waals surface area (Å²) >= 11 is 0. The van der Waals surface area contributed by atoms with Gasteiger partial charge in [0, 0.05) is 30.1 Å². The summed E-state index contributed by atoms with van der Waals surface area (Å²) in [6.07, 6.45) is 3.58. The fourth-order valence-corrected chi connectivity index (χ4v) is 1.76. The summed E-state index contributed by atoms with van der Waals surface area (Å²) in [5.74, 6) is 0. The van der Waals surface area contributed by atoms with E-state index in [2.05, 4.69) is 35.8 Å². The van der Waals surface area contributed by atoms with Crippen LogP contribution in [0.25, 0.3) is 10.9 Å². The van der Waals surface area contributed by atoms with Gasteiger partial charge in [-0.2, -0.15) is 0 Å². The standard InChI is InChI=1S/C12H13NO/c1-10-4-2-5-12-11(10)6-8-13(12)7-3-9-14/h2,4-6,8-9H,3,7H2,1H3. The second kappa shape index (κ2) is 3.66. The molecule has 0 bridgehead atoms. The van der Waals surface area contributed by atoms with E-state index >= 15 is 0 Å². The van der Waals surface area contributed by atoms with Gasteiger partial charge < -0.3 is 9.36 Å². The largest absolute Gasteiger partial charge is 0.347 e. The third kappa shape index (κ3) is 1.43. The number of carbonyl (C=O) groups excluding carboxylic acids is 1. The van der Waals surface area contributed by atoms with E-state index in [0.717, 1.165) is 12.8 Å². The molecule has 14 heavy (non-hydrogen) atoms. The normalized spacial score (nSPS) is 10.6. The highest BCUT2D eigenvalue weighted by atomic mass is 16.1. The summed E-state index contributed by atoms with van der Waals surface area (Å²) in [5.41, 5.74) is 2.50. The van der Waals surface area contributed by atoms with Crippen molar-refractivity contribution in [2.75, 3.05) is 0 Å². The molecule has 0 spiro atoms. The molecule has 1 aromatic heterocycles. The molecule has 0 atom stereocenters. The van der Waals surface area contributed by atoms with Crippen molar-refractivity contribution in [2.24, 2.45) is 0 Å². The molecule has 0 unspecified atom stereocenters. The van der Waals surface area contributed by atoms with E-state index < -0.39 is 0 Å². The molecule has 0 aliphatic heterocycles. The first kappa shape index (κ1) is 9.00. The summed E-state index contributed by atoms with van der Waals surface area (Å²) < 4.78 is 2.12. The second-order valence-corrected chi connectivity index (χ2v) is 3.47. The van der Waals surface area contributed by atoms with Crippen LogP contribution in [-0.4, -0.2) is 10.9 Å². The highest BCUT2D eigenvalue weighted by molar-refractivity contribution is 5.83. The van der Waals surface area contributed by atoms with Crippen molar-refractivity contribution in [3.05, 3.63) is 36.0 Å². The van der Waals surface area contributed by atoms with Gasteiger partial charge in [-0.15, -0.1) is 0 Å². The maximum Gasteiger partial charge on any atom is 0.121 e. The Balaban J connectivity index is 2.47. The molecule has 0 aliphatic carbocycles. The minimum absolute atomic E-state index is 0.581. The summed E-state index contributed by atoms with van der Waals surface area (Å²) in [6.45, 7) is 2.88. The van der Waals surface area contributed by atoms with Gasteiger partial charge in [0.1, 0.15) is 6.29 Å². The van der Waals surface area contributed by atoms with Crippen LogP contribution in [0.5, 0.6) is 0 Å². The first-order valence-corrected chi connectivity index (χ1v) is 4.81. The summed E-state index contributed by atoms with van der Waals surface area (Å²) in [6, 6.07) is 8.35. The zero-order valence-corrected chi connectivity index (χ0v) is 8.23. The fourth-order valence-electron chi connectivity index (χ4n) is 1.76. The Bertz CT molecular complexity index is 456. The smallest absolute Gasteiger partial charge is 0.121 e. The van der Waals surface area contributed by atoms with Gasteiger partial charge in [0.15, 0.2) is 0 Å². The Morgan fingerprint density at radius 2 is 2.21 bits per heavy atom. The number of hydrogen-bond donors (Lipinski definition) is 0. The van der Waals surface area contributed by atoms with Gasteiger partial charge in [-0.1, -0.05) is 12.1 Å². The maximum absolute atomic E-state index is 10.3. The molecular formula is C12H13NO. The van der Waals surface area contributed by atoms with Crippen LogP contribution in [0.15, 0.2) is 30.5 Å². The Morgan fingerprint density at radius 1 is 1.36 bits per heavy atom. The van der Waals surface area contributed by atoms with Gasteiger partial charge in [0.05, 0.1) is 0 Å². The molecule has 72 valence electrons. The number of hydrogen-bond acceptors (Lipinski definition) is 1. The molecule has 2 nitrogen and oxygen atoms in total. The number of rotatable bonds is 3. The topological polar surface area (TPSA) is 22.0 Å². The molecule has 2 heteroatoms. The van der Waals surface area contributed by atoms with Crippen LogP contribution in [-0.2, 0) is 11.3 Å². The lowest BCUT2D eigenvalue weighted by Crippen LogP contribution is -1.95. The van der Waals surface area contributed by atoms with E-state index in [1.165, 1.54) is 16.5 Å². The molecule has 0 saturated carbocycles. The predicted octanol–water partition coefficient (Wildman–Crippen LogP) is 2.54. The average Bonchev–Trinajstić information content (AvgIpc) is 2.60. The van der Waals surface area contributed by atoms with E-state index in [1.807, 2.05) is 6.20 Å². The molecule has 0 radical (unpaired) electrons. The molecule has 1 heterocycles. The first-order chi connectivity index (χ1) is 6.83. The Labute approximate surface area is 83.2 Å². The first-order valence-electron chi connectivity index (χ1n) is 4.81. The van der Waals surface area contributed by atoms with E-state index in [-0.39, 0.29) is 0 Å².